The molecule has 1 atom stereocenters. The zero-order valence-corrected chi connectivity index (χ0v) is 12.7. The van der Waals surface area contributed by atoms with Crippen LogP contribution >= 0.6 is 0 Å². The summed E-state index contributed by atoms with van der Waals surface area (Å²) in [5.74, 6) is -0.0436. The van der Waals surface area contributed by atoms with Crippen LogP contribution in [0.1, 0.15) is 39.2 Å². The van der Waals surface area contributed by atoms with Crippen LogP contribution in [0.4, 0.5) is 5.69 Å². The molecule has 0 heterocycles. The smallest absolute Gasteiger partial charge is 0.224 e. The van der Waals surface area contributed by atoms with Crippen molar-refractivity contribution in [2.75, 3.05) is 18.4 Å². The highest BCUT2D eigenvalue weighted by molar-refractivity contribution is 5.91. The minimum absolute atomic E-state index is 0.0436. The average Bonchev–Trinajstić information content (AvgIpc) is 2.44. The maximum Gasteiger partial charge on any atom is 0.224 e. The number of carbonyl (C=O) groups is 1. The topological polar surface area (TPSA) is 52.6 Å². The van der Waals surface area contributed by atoms with E-state index in [0.717, 1.165) is 30.9 Å². The lowest BCUT2D eigenvalue weighted by molar-refractivity contribution is -0.116. The van der Waals surface area contributed by atoms with Gasteiger partial charge in [0.2, 0.25) is 5.91 Å². The number of amides is 1. The van der Waals surface area contributed by atoms with Crippen LogP contribution in [0.3, 0.4) is 0 Å². The minimum atomic E-state index is -0.438. The quantitative estimate of drug-likeness (QED) is 0.768. The van der Waals surface area contributed by atoms with Crippen LogP contribution in [0.5, 0.6) is 0 Å². The van der Waals surface area contributed by atoms with Crippen LogP contribution in [0.25, 0.3) is 0 Å². The predicted octanol–water partition coefficient (Wildman–Crippen LogP) is 2.63. The van der Waals surface area contributed by atoms with E-state index in [1.54, 1.807) is 6.92 Å². The molecule has 4 heteroatoms. The Morgan fingerprint density at radius 2 is 1.95 bits per heavy atom. The number of benzene rings is 1. The van der Waals surface area contributed by atoms with Gasteiger partial charge in [0, 0.05) is 18.7 Å². The molecule has 0 aromatic heterocycles. The van der Waals surface area contributed by atoms with E-state index in [-0.39, 0.29) is 5.91 Å². The Hall–Kier alpha value is -1.39. The third-order valence-corrected chi connectivity index (χ3v) is 3.37. The maximum atomic E-state index is 11.9. The van der Waals surface area contributed by atoms with Crippen LogP contribution in [-0.4, -0.2) is 35.1 Å². The van der Waals surface area contributed by atoms with Crippen LogP contribution in [-0.2, 0) is 11.3 Å². The molecule has 4 nitrogen and oxygen atoms in total. The number of rotatable bonds is 8. The lowest BCUT2D eigenvalue weighted by atomic mass is 10.1. The molecule has 0 saturated heterocycles. The summed E-state index contributed by atoms with van der Waals surface area (Å²) in [6.07, 6.45) is 0.396. The molecule has 0 aliphatic heterocycles. The van der Waals surface area contributed by atoms with Crippen molar-refractivity contribution in [1.82, 2.24) is 4.90 Å². The van der Waals surface area contributed by atoms with Gasteiger partial charge in [0.1, 0.15) is 0 Å². The average molecular weight is 278 g/mol. The first-order chi connectivity index (χ1) is 9.56. The van der Waals surface area contributed by atoms with Gasteiger partial charge in [0.25, 0.3) is 0 Å². The van der Waals surface area contributed by atoms with E-state index in [1.807, 2.05) is 24.3 Å². The van der Waals surface area contributed by atoms with Crippen LogP contribution in [0.15, 0.2) is 24.3 Å². The molecule has 0 aliphatic rings. The van der Waals surface area contributed by atoms with Gasteiger partial charge in [-0.05, 0) is 38.1 Å². The zero-order chi connectivity index (χ0) is 15.0. The molecule has 0 aliphatic carbocycles. The number of aliphatic hydroxyl groups is 1. The Bertz CT molecular complexity index is 415. The lowest BCUT2D eigenvalue weighted by Crippen LogP contribution is -2.23. The van der Waals surface area contributed by atoms with Gasteiger partial charge in [-0.15, -0.1) is 0 Å². The number of para-hydroxylation sites is 1. The summed E-state index contributed by atoms with van der Waals surface area (Å²) >= 11 is 0. The van der Waals surface area contributed by atoms with Gasteiger partial charge in [-0.2, -0.15) is 0 Å². The molecular formula is C16H26N2O2. The summed E-state index contributed by atoms with van der Waals surface area (Å²) in [5, 5.41) is 12.2. The minimum Gasteiger partial charge on any atom is -0.393 e. The molecular weight excluding hydrogens is 252 g/mol. The van der Waals surface area contributed by atoms with Crippen molar-refractivity contribution in [1.29, 1.82) is 0 Å². The number of hydrogen-bond acceptors (Lipinski definition) is 3. The highest BCUT2D eigenvalue weighted by Gasteiger charge is 2.09. The summed E-state index contributed by atoms with van der Waals surface area (Å²) in [5.41, 5.74) is 2.00. The number of anilines is 1. The van der Waals surface area contributed by atoms with Crippen molar-refractivity contribution in [2.24, 2.45) is 0 Å². The molecule has 112 valence electrons. The molecule has 0 fully saturated rings. The van der Waals surface area contributed by atoms with Crippen molar-refractivity contribution in [3.8, 4) is 0 Å². The summed E-state index contributed by atoms with van der Waals surface area (Å²) in [6.45, 7) is 8.77. The zero-order valence-electron chi connectivity index (χ0n) is 12.7. The second-order valence-electron chi connectivity index (χ2n) is 5.05. The molecule has 1 amide bonds. The van der Waals surface area contributed by atoms with Gasteiger partial charge in [-0.1, -0.05) is 32.0 Å². The largest absolute Gasteiger partial charge is 0.393 e. The molecule has 1 aromatic carbocycles. The Morgan fingerprint density at radius 3 is 2.55 bits per heavy atom. The van der Waals surface area contributed by atoms with Gasteiger partial charge < -0.3 is 10.4 Å². The lowest BCUT2D eigenvalue weighted by Gasteiger charge is -2.20. The van der Waals surface area contributed by atoms with E-state index >= 15 is 0 Å². The fraction of sp³-hybridized carbons (Fsp3) is 0.562. The van der Waals surface area contributed by atoms with Gasteiger partial charge in [0.05, 0.1) is 6.10 Å². The third kappa shape index (κ3) is 5.72. The van der Waals surface area contributed by atoms with E-state index < -0.39 is 6.10 Å². The fourth-order valence-electron chi connectivity index (χ4n) is 2.02. The van der Waals surface area contributed by atoms with E-state index in [1.165, 1.54) is 0 Å². The van der Waals surface area contributed by atoms with E-state index in [2.05, 4.69) is 24.1 Å². The normalized spacial score (nSPS) is 12.4. The van der Waals surface area contributed by atoms with Crippen molar-refractivity contribution in [3.63, 3.8) is 0 Å². The summed E-state index contributed by atoms with van der Waals surface area (Å²) in [4.78, 5) is 14.2. The highest BCUT2D eigenvalue weighted by atomic mass is 16.3. The number of carbonyl (C=O) groups excluding carboxylic acids is 1. The fourth-order valence-corrected chi connectivity index (χ4v) is 2.02. The van der Waals surface area contributed by atoms with E-state index in [4.69, 9.17) is 0 Å². The van der Waals surface area contributed by atoms with Crippen molar-refractivity contribution in [3.05, 3.63) is 29.8 Å². The Labute approximate surface area is 121 Å². The van der Waals surface area contributed by atoms with Crippen molar-refractivity contribution < 1.29 is 9.90 Å². The van der Waals surface area contributed by atoms with Crippen LogP contribution in [0, 0.1) is 0 Å². The summed E-state index contributed by atoms with van der Waals surface area (Å²) in [7, 11) is 0. The molecule has 0 bridgehead atoms. The number of aliphatic hydroxyl groups excluding tert-OH is 1. The van der Waals surface area contributed by atoms with Gasteiger partial charge in [-0.25, -0.2) is 0 Å². The highest BCUT2D eigenvalue weighted by Crippen LogP contribution is 2.17. The van der Waals surface area contributed by atoms with Crippen molar-refractivity contribution in [2.45, 2.75) is 46.3 Å². The summed E-state index contributed by atoms with van der Waals surface area (Å²) in [6, 6.07) is 7.89. The molecule has 0 saturated carbocycles. The first kappa shape index (κ1) is 16.7. The second-order valence-corrected chi connectivity index (χ2v) is 5.05. The Kier molecular flexibility index (Phi) is 7.26. The second kappa shape index (κ2) is 8.72. The van der Waals surface area contributed by atoms with Crippen molar-refractivity contribution >= 4 is 11.6 Å². The van der Waals surface area contributed by atoms with E-state index in [9.17, 15) is 9.90 Å². The monoisotopic (exact) mass is 278 g/mol. The number of hydrogen-bond donors (Lipinski definition) is 2. The van der Waals surface area contributed by atoms with Gasteiger partial charge in [-0.3, -0.25) is 9.69 Å². The number of nitrogens with one attached hydrogen (secondary N) is 1. The van der Waals surface area contributed by atoms with Crippen LogP contribution < -0.4 is 5.32 Å². The Balaban J connectivity index is 2.67. The maximum absolute atomic E-state index is 11.9. The molecule has 0 spiro atoms. The SMILES string of the molecule is CCN(CC)Cc1ccccc1NC(=O)CCC(C)O. The third-order valence-electron chi connectivity index (χ3n) is 3.37. The van der Waals surface area contributed by atoms with Crippen LogP contribution in [0.2, 0.25) is 0 Å². The number of nitrogens with zero attached hydrogens (tertiary/aromatic N) is 1. The molecule has 0 radical (unpaired) electrons. The van der Waals surface area contributed by atoms with Gasteiger partial charge >= 0.3 is 0 Å². The molecule has 1 rings (SSSR count). The molecule has 20 heavy (non-hydrogen) atoms. The van der Waals surface area contributed by atoms with Gasteiger partial charge in [0.15, 0.2) is 0 Å². The first-order valence-corrected chi connectivity index (χ1v) is 7.35. The molecule has 2 N–H and O–H groups in total. The molecule has 1 unspecified atom stereocenters. The first-order valence-electron chi connectivity index (χ1n) is 7.35. The predicted molar refractivity (Wildman–Crippen MR) is 82.6 cm³/mol. The standard InChI is InChI=1S/C16H26N2O2/c1-4-18(5-2)12-14-8-6-7-9-15(14)17-16(20)11-10-13(3)19/h6-9,13,19H,4-5,10-12H2,1-3H3,(H,17,20). The summed E-state index contributed by atoms with van der Waals surface area (Å²) < 4.78 is 0. The Morgan fingerprint density at radius 1 is 1.30 bits per heavy atom. The van der Waals surface area contributed by atoms with E-state index in [0.29, 0.717) is 12.8 Å². The molecule has 1 aromatic rings.